The lowest BCUT2D eigenvalue weighted by Crippen LogP contribution is -2.22. The van der Waals surface area contributed by atoms with Crippen molar-refractivity contribution in [3.63, 3.8) is 0 Å². The molecule has 0 radical (unpaired) electrons. The van der Waals surface area contributed by atoms with Gasteiger partial charge in [-0.1, -0.05) is 12.1 Å². The van der Waals surface area contributed by atoms with Crippen LogP contribution in [-0.4, -0.2) is 33.2 Å². The minimum absolute atomic E-state index is 0.0138. The molecule has 4 nitrogen and oxygen atoms in total. The fraction of sp³-hybridized carbons (Fsp3) is 0.500. The van der Waals surface area contributed by atoms with Gasteiger partial charge in [-0.15, -0.1) is 0 Å². The van der Waals surface area contributed by atoms with Gasteiger partial charge in [0.25, 0.3) is 0 Å². The minimum Gasteiger partial charge on any atom is -0.481 e. The lowest BCUT2D eigenvalue weighted by molar-refractivity contribution is -0.136. The van der Waals surface area contributed by atoms with Crippen molar-refractivity contribution in [2.24, 2.45) is 0 Å². The zero-order valence-corrected chi connectivity index (χ0v) is 12.3. The molecule has 1 rings (SSSR count). The largest absolute Gasteiger partial charge is 0.481 e. The predicted molar refractivity (Wildman–Crippen MR) is 74.8 cm³/mol. The van der Waals surface area contributed by atoms with Gasteiger partial charge in [-0.3, -0.25) is 9.00 Å². The molecule has 0 aromatic heterocycles. The molecular formula is C14H20O4S. The second kappa shape index (κ2) is 6.82. The Labute approximate surface area is 116 Å². The third-order valence-corrected chi connectivity index (χ3v) is 3.68. The molecule has 0 heterocycles. The van der Waals surface area contributed by atoms with Crippen molar-refractivity contribution < 1.29 is 18.8 Å². The second-order valence-electron chi connectivity index (χ2n) is 5.22. The van der Waals surface area contributed by atoms with E-state index in [2.05, 4.69) is 0 Å². The summed E-state index contributed by atoms with van der Waals surface area (Å²) in [6.45, 7) is 6.30. The molecule has 0 fully saturated rings. The van der Waals surface area contributed by atoms with Crippen LogP contribution in [0.15, 0.2) is 29.2 Å². The Morgan fingerprint density at radius 3 is 2.32 bits per heavy atom. The maximum atomic E-state index is 12.0. The molecule has 0 aliphatic carbocycles. The van der Waals surface area contributed by atoms with Crippen LogP contribution in [0.4, 0.5) is 0 Å². The Bertz CT molecular complexity index is 446. The van der Waals surface area contributed by atoms with Gasteiger partial charge in [0.2, 0.25) is 0 Å². The van der Waals surface area contributed by atoms with E-state index in [0.29, 0.717) is 22.8 Å². The van der Waals surface area contributed by atoms with Crippen LogP contribution in [0, 0.1) is 0 Å². The average Bonchev–Trinajstić information content (AvgIpc) is 2.27. The molecule has 106 valence electrons. The standard InChI is InChI=1S/C14H20O4S/c1-14(2,3)18-8-9-19(17)12-6-4-11(5-7-12)10-13(15)16/h4-7H,8-10H2,1-3H3,(H,15,16). The highest BCUT2D eigenvalue weighted by atomic mass is 32.2. The summed E-state index contributed by atoms with van der Waals surface area (Å²) < 4.78 is 17.5. The molecule has 5 heteroatoms. The molecule has 0 amide bonds. The first-order valence-electron chi connectivity index (χ1n) is 6.11. The molecule has 0 aliphatic rings. The first kappa shape index (κ1) is 15.9. The van der Waals surface area contributed by atoms with E-state index in [1.807, 2.05) is 20.8 Å². The zero-order valence-electron chi connectivity index (χ0n) is 11.5. The number of carbonyl (C=O) groups is 1. The fourth-order valence-electron chi connectivity index (χ4n) is 1.48. The summed E-state index contributed by atoms with van der Waals surface area (Å²) in [5.41, 5.74) is 0.481. The summed E-state index contributed by atoms with van der Waals surface area (Å²) in [6.07, 6.45) is -0.0138. The summed E-state index contributed by atoms with van der Waals surface area (Å²) in [7, 11) is -1.11. The Hall–Kier alpha value is -1.20. The van der Waals surface area contributed by atoms with Crippen LogP contribution in [0.25, 0.3) is 0 Å². The van der Waals surface area contributed by atoms with Crippen molar-refractivity contribution >= 4 is 16.8 Å². The fourth-order valence-corrected chi connectivity index (χ4v) is 2.39. The van der Waals surface area contributed by atoms with Crippen LogP contribution >= 0.6 is 0 Å². The molecule has 0 aliphatic heterocycles. The quantitative estimate of drug-likeness (QED) is 0.870. The van der Waals surface area contributed by atoms with E-state index >= 15 is 0 Å². The van der Waals surface area contributed by atoms with E-state index in [0.717, 1.165) is 0 Å². The van der Waals surface area contributed by atoms with Gasteiger partial charge in [-0.2, -0.15) is 0 Å². The van der Waals surface area contributed by atoms with Crippen LogP contribution in [0.5, 0.6) is 0 Å². The Kier molecular flexibility index (Phi) is 5.69. The maximum absolute atomic E-state index is 12.0. The van der Waals surface area contributed by atoms with E-state index < -0.39 is 16.8 Å². The number of rotatable bonds is 6. The van der Waals surface area contributed by atoms with E-state index in [9.17, 15) is 9.00 Å². The molecular weight excluding hydrogens is 264 g/mol. The van der Waals surface area contributed by atoms with Crippen molar-refractivity contribution in [3.8, 4) is 0 Å². The lowest BCUT2D eigenvalue weighted by atomic mass is 10.2. The third-order valence-electron chi connectivity index (χ3n) is 2.35. The third kappa shape index (κ3) is 6.50. The highest BCUT2D eigenvalue weighted by Gasteiger charge is 2.11. The van der Waals surface area contributed by atoms with E-state index in [-0.39, 0.29) is 12.0 Å². The van der Waals surface area contributed by atoms with Gasteiger partial charge >= 0.3 is 5.97 Å². The van der Waals surface area contributed by atoms with E-state index in [1.165, 1.54) is 0 Å². The van der Waals surface area contributed by atoms with Crippen molar-refractivity contribution in [1.82, 2.24) is 0 Å². The van der Waals surface area contributed by atoms with Crippen molar-refractivity contribution in [3.05, 3.63) is 29.8 Å². The topological polar surface area (TPSA) is 63.6 Å². The summed E-state index contributed by atoms with van der Waals surface area (Å²) >= 11 is 0. The zero-order chi connectivity index (χ0) is 14.5. The molecule has 1 aromatic rings. The SMILES string of the molecule is CC(C)(C)OCCS(=O)c1ccc(CC(=O)O)cc1. The Morgan fingerprint density at radius 2 is 1.84 bits per heavy atom. The molecule has 1 atom stereocenters. The van der Waals surface area contributed by atoms with Crippen LogP contribution in [-0.2, 0) is 26.8 Å². The Morgan fingerprint density at radius 1 is 1.26 bits per heavy atom. The molecule has 0 spiro atoms. The normalized spacial score (nSPS) is 13.2. The van der Waals surface area contributed by atoms with Crippen LogP contribution in [0.2, 0.25) is 0 Å². The first-order chi connectivity index (χ1) is 8.78. The maximum Gasteiger partial charge on any atom is 0.307 e. The number of hydrogen-bond donors (Lipinski definition) is 1. The molecule has 19 heavy (non-hydrogen) atoms. The number of carboxylic acids is 1. The molecule has 0 saturated heterocycles. The number of ether oxygens (including phenoxy) is 1. The van der Waals surface area contributed by atoms with Gasteiger partial charge in [-0.05, 0) is 38.5 Å². The van der Waals surface area contributed by atoms with Crippen LogP contribution in [0.3, 0.4) is 0 Å². The van der Waals surface area contributed by atoms with Gasteiger partial charge in [0.1, 0.15) is 0 Å². The highest BCUT2D eigenvalue weighted by molar-refractivity contribution is 7.85. The smallest absolute Gasteiger partial charge is 0.307 e. The number of aliphatic carboxylic acids is 1. The summed E-state index contributed by atoms with van der Waals surface area (Å²) in [6, 6.07) is 6.83. The lowest BCUT2D eigenvalue weighted by Gasteiger charge is -2.19. The second-order valence-corrected chi connectivity index (χ2v) is 6.80. The molecule has 1 unspecified atom stereocenters. The van der Waals surface area contributed by atoms with Crippen molar-refractivity contribution in [2.45, 2.75) is 37.7 Å². The first-order valence-corrected chi connectivity index (χ1v) is 7.43. The van der Waals surface area contributed by atoms with Crippen LogP contribution < -0.4 is 0 Å². The summed E-state index contributed by atoms with van der Waals surface area (Å²) in [5, 5.41) is 8.66. The molecule has 0 saturated carbocycles. The van der Waals surface area contributed by atoms with Crippen molar-refractivity contribution in [1.29, 1.82) is 0 Å². The van der Waals surface area contributed by atoms with Gasteiger partial charge in [0.05, 0.1) is 35.2 Å². The monoisotopic (exact) mass is 284 g/mol. The number of benzene rings is 1. The van der Waals surface area contributed by atoms with Crippen molar-refractivity contribution in [2.75, 3.05) is 12.4 Å². The van der Waals surface area contributed by atoms with Crippen LogP contribution in [0.1, 0.15) is 26.3 Å². The predicted octanol–water partition coefficient (Wildman–Crippen LogP) is 2.24. The van der Waals surface area contributed by atoms with E-state index in [1.54, 1.807) is 24.3 Å². The molecule has 1 aromatic carbocycles. The van der Waals surface area contributed by atoms with E-state index in [4.69, 9.17) is 9.84 Å². The van der Waals surface area contributed by atoms with Gasteiger partial charge < -0.3 is 9.84 Å². The number of hydrogen-bond acceptors (Lipinski definition) is 3. The van der Waals surface area contributed by atoms with Gasteiger partial charge in [0, 0.05) is 4.90 Å². The molecule has 1 N–H and O–H groups in total. The van der Waals surface area contributed by atoms with Gasteiger partial charge in [0.15, 0.2) is 0 Å². The summed E-state index contributed by atoms with van der Waals surface area (Å²) in [4.78, 5) is 11.2. The molecule has 0 bridgehead atoms. The highest BCUT2D eigenvalue weighted by Crippen LogP contribution is 2.11. The summed E-state index contributed by atoms with van der Waals surface area (Å²) in [5.74, 6) is -0.428. The minimum atomic E-state index is -1.11. The number of carboxylic acid groups (broad SMARTS) is 1. The Balaban J connectivity index is 2.51. The average molecular weight is 284 g/mol. The van der Waals surface area contributed by atoms with Gasteiger partial charge in [-0.25, -0.2) is 0 Å².